The minimum Gasteiger partial charge on any atom is -0.378 e. The molecular formula is C9H20NO6P. The van der Waals surface area contributed by atoms with E-state index in [0.717, 1.165) is 6.61 Å². The van der Waals surface area contributed by atoms with E-state index in [9.17, 15) is 4.57 Å². The van der Waals surface area contributed by atoms with E-state index in [1.54, 1.807) is 0 Å². The van der Waals surface area contributed by atoms with Crippen LogP contribution in [0.25, 0.3) is 0 Å². The molecule has 1 aliphatic rings. The van der Waals surface area contributed by atoms with Crippen molar-refractivity contribution < 1.29 is 28.6 Å². The highest BCUT2D eigenvalue weighted by atomic mass is 31.2. The SMILES string of the molecule is CC(NCCOCCOCC1CO1)P(=O)(O)O. The van der Waals surface area contributed by atoms with E-state index in [0.29, 0.717) is 33.0 Å². The normalized spacial score (nSPS) is 21.5. The predicted molar refractivity (Wildman–Crippen MR) is 60.9 cm³/mol. The molecule has 102 valence electrons. The highest BCUT2D eigenvalue weighted by Crippen LogP contribution is 2.38. The fraction of sp³-hybridized carbons (Fsp3) is 1.00. The Morgan fingerprint density at radius 3 is 2.65 bits per heavy atom. The lowest BCUT2D eigenvalue weighted by Crippen LogP contribution is -2.29. The van der Waals surface area contributed by atoms with Crippen LogP contribution < -0.4 is 5.32 Å². The molecule has 0 bridgehead atoms. The molecule has 17 heavy (non-hydrogen) atoms. The molecule has 0 aliphatic carbocycles. The van der Waals surface area contributed by atoms with E-state index < -0.39 is 13.4 Å². The van der Waals surface area contributed by atoms with Gasteiger partial charge in [-0.1, -0.05) is 0 Å². The third-order valence-corrected chi connectivity index (χ3v) is 3.46. The average Bonchev–Trinajstić information content (AvgIpc) is 3.04. The minimum absolute atomic E-state index is 0.265. The largest absolute Gasteiger partial charge is 0.378 e. The zero-order valence-corrected chi connectivity index (χ0v) is 10.8. The highest BCUT2D eigenvalue weighted by molar-refractivity contribution is 7.52. The number of hydrogen-bond acceptors (Lipinski definition) is 5. The Hall–Kier alpha value is -0.0100. The Morgan fingerprint density at radius 1 is 1.41 bits per heavy atom. The molecule has 0 aromatic rings. The Morgan fingerprint density at radius 2 is 2.06 bits per heavy atom. The maximum absolute atomic E-state index is 10.8. The van der Waals surface area contributed by atoms with Crippen molar-refractivity contribution >= 4 is 7.60 Å². The van der Waals surface area contributed by atoms with Gasteiger partial charge in [0.05, 0.1) is 33.0 Å². The summed E-state index contributed by atoms with van der Waals surface area (Å²) in [5.41, 5.74) is 0. The first kappa shape index (κ1) is 15.0. The first-order valence-electron chi connectivity index (χ1n) is 5.56. The molecule has 0 saturated carbocycles. The second-order valence-electron chi connectivity index (χ2n) is 3.86. The maximum Gasteiger partial charge on any atom is 0.342 e. The van der Waals surface area contributed by atoms with Gasteiger partial charge in [0.2, 0.25) is 0 Å². The number of rotatable bonds is 10. The molecule has 3 N–H and O–H groups in total. The van der Waals surface area contributed by atoms with Gasteiger partial charge in [-0.3, -0.25) is 4.57 Å². The topological polar surface area (TPSA) is 101 Å². The molecule has 1 heterocycles. The van der Waals surface area contributed by atoms with Crippen molar-refractivity contribution in [3.8, 4) is 0 Å². The Labute approximate surface area is 101 Å². The van der Waals surface area contributed by atoms with Crippen LogP contribution in [0.4, 0.5) is 0 Å². The second kappa shape index (κ2) is 7.43. The summed E-state index contributed by atoms with van der Waals surface area (Å²) in [5.74, 6) is -0.839. The van der Waals surface area contributed by atoms with Gasteiger partial charge in [0.25, 0.3) is 0 Å². The minimum atomic E-state index is -4.03. The fourth-order valence-electron chi connectivity index (χ4n) is 1.06. The van der Waals surface area contributed by atoms with Gasteiger partial charge < -0.3 is 29.3 Å². The molecule has 1 aliphatic heterocycles. The van der Waals surface area contributed by atoms with Gasteiger partial charge in [-0.15, -0.1) is 0 Å². The molecule has 0 spiro atoms. The lowest BCUT2D eigenvalue weighted by Gasteiger charge is -2.14. The second-order valence-corrected chi connectivity index (χ2v) is 5.81. The monoisotopic (exact) mass is 269 g/mol. The van der Waals surface area contributed by atoms with Crippen molar-refractivity contribution in [2.45, 2.75) is 18.8 Å². The molecule has 7 nitrogen and oxygen atoms in total. The van der Waals surface area contributed by atoms with Crippen LogP contribution in [-0.4, -0.2) is 61.3 Å². The van der Waals surface area contributed by atoms with Crippen LogP contribution in [0.15, 0.2) is 0 Å². The standard InChI is InChI=1S/C9H20NO6P/c1-8(17(11,12)13)10-2-3-14-4-5-15-6-9-7-16-9/h8-10H,2-7H2,1H3,(H2,11,12,13). The molecular weight excluding hydrogens is 249 g/mol. The van der Waals surface area contributed by atoms with Crippen LogP contribution in [0.5, 0.6) is 0 Å². The van der Waals surface area contributed by atoms with Crippen LogP contribution in [0, 0.1) is 0 Å². The van der Waals surface area contributed by atoms with Gasteiger partial charge in [-0.2, -0.15) is 0 Å². The average molecular weight is 269 g/mol. The summed E-state index contributed by atoms with van der Waals surface area (Å²) in [6.45, 7) is 4.61. The smallest absolute Gasteiger partial charge is 0.342 e. The van der Waals surface area contributed by atoms with Crippen molar-refractivity contribution in [1.29, 1.82) is 0 Å². The fourth-order valence-corrected chi connectivity index (χ4v) is 1.42. The molecule has 0 radical (unpaired) electrons. The van der Waals surface area contributed by atoms with E-state index in [1.807, 2.05) is 0 Å². The van der Waals surface area contributed by atoms with Crippen LogP contribution in [-0.2, 0) is 18.8 Å². The third kappa shape index (κ3) is 7.83. The van der Waals surface area contributed by atoms with E-state index in [1.165, 1.54) is 6.92 Å². The van der Waals surface area contributed by atoms with Crippen LogP contribution in [0.3, 0.4) is 0 Å². The lowest BCUT2D eigenvalue weighted by atomic mass is 10.5. The first-order valence-corrected chi connectivity index (χ1v) is 7.24. The summed E-state index contributed by atoms with van der Waals surface area (Å²) in [6, 6.07) is 0. The molecule has 0 aromatic heterocycles. The number of nitrogens with one attached hydrogen (secondary N) is 1. The van der Waals surface area contributed by atoms with Gasteiger partial charge >= 0.3 is 7.60 Å². The van der Waals surface area contributed by atoms with Gasteiger partial charge in [-0.05, 0) is 6.92 Å². The first-order chi connectivity index (χ1) is 8.00. The van der Waals surface area contributed by atoms with E-state index in [4.69, 9.17) is 24.0 Å². The van der Waals surface area contributed by atoms with Crippen LogP contribution in [0.2, 0.25) is 0 Å². The summed E-state index contributed by atoms with van der Waals surface area (Å²) in [6.07, 6.45) is 0.265. The number of hydrogen-bond donors (Lipinski definition) is 3. The molecule has 2 unspecified atom stereocenters. The van der Waals surface area contributed by atoms with Crippen molar-refractivity contribution in [2.24, 2.45) is 0 Å². The summed E-state index contributed by atoms with van der Waals surface area (Å²) in [4.78, 5) is 17.6. The highest BCUT2D eigenvalue weighted by Gasteiger charge is 2.23. The molecule has 1 saturated heterocycles. The molecule has 1 rings (SSSR count). The van der Waals surface area contributed by atoms with Crippen molar-refractivity contribution in [1.82, 2.24) is 5.32 Å². The van der Waals surface area contributed by atoms with Crippen LogP contribution >= 0.6 is 7.60 Å². The lowest BCUT2D eigenvalue weighted by molar-refractivity contribution is 0.0427. The Bertz CT molecular complexity index is 254. The predicted octanol–water partition coefficient (Wildman–Crippen LogP) is -0.468. The number of epoxide rings is 1. The van der Waals surface area contributed by atoms with E-state index >= 15 is 0 Å². The van der Waals surface area contributed by atoms with Crippen molar-refractivity contribution in [2.75, 3.05) is 39.6 Å². The zero-order valence-electron chi connectivity index (χ0n) is 9.87. The van der Waals surface area contributed by atoms with Gasteiger partial charge in [0.1, 0.15) is 11.9 Å². The van der Waals surface area contributed by atoms with Crippen molar-refractivity contribution in [3.05, 3.63) is 0 Å². The Kier molecular flexibility index (Phi) is 6.58. The Balaban J connectivity index is 1.81. The van der Waals surface area contributed by atoms with E-state index in [-0.39, 0.29) is 6.10 Å². The van der Waals surface area contributed by atoms with Crippen molar-refractivity contribution in [3.63, 3.8) is 0 Å². The summed E-state index contributed by atoms with van der Waals surface area (Å²) < 4.78 is 26.2. The van der Waals surface area contributed by atoms with Gasteiger partial charge in [-0.25, -0.2) is 0 Å². The van der Waals surface area contributed by atoms with Gasteiger partial charge in [0.15, 0.2) is 0 Å². The molecule has 1 fully saturated rings. The summed E-state index contributed by atoms with van der Waals surface area (Å²) in [7, 11) is -4.03. The molecule has 0 aromatic carbocycles. The zero-order chi connectivity index (χ0) is 12.7. The quantitative estimate of drug-likeness (QED) is 0.280. The maximum atomic E-state index is 10.8. The summed E-state index contributed by atoms with van der Waals surface area (Å²) in [5, 5.41) is 2.69. The van der Waals surface area contributed by atoms with Crippen LogP contribution in [0.1, 0.15) is 6.92 Å². The molecule has 8 heteroatoms. The molecule has 0 amide bonds. The molecule has 2 atom stereocenters. The van der Waals surface area contributed by atoms with Gasteiger partial charge in [0, 0.05) is 6.54 Å². The summed E-state index contributed by atoms with van der Waals surface area (Å²) >= 11 is 0. The van der Waals surface area contributed by atoms with E-state index in [2.05, 4.69) is 5.32 Å². The third-order valence-electron chi connectivity index (χ3n) is 2.27. The number of ether oxygens (including phenoxy) is 3.